The van der Waals surface area contributed by atoms with Crippen molar-refractivity contribution >= 4 is 15.8 Å². The summed E-state index contributed by atoms with van der Waals surface area (Å²) in [4.78, 5) is 9.91. The van der Waals surface area contributed by atoms with Crippen molar-refractivity contribution in [1.29, 1.82) is 0 Å². The first-order chi connectivity index (χ1) is 7.47. The van der Waals surface area contributed by atoms with Gasteiger partial charge in [-0.05, 0) is 6.42 Å². The lowest BCUT2D eigenvalue weighted by Gasteiger charge is -2.14. The molecule has 1 unspecified atom stereocenters. The van der Waals surface area contributed by atoms with Gasteiger partial charge in [0.25, 0.3) is 0 Å². The molecule has 0 aliphatic carbocycles. The van der Waals surface area contributed by atoms with Gasteiger partial charge in [0.15, 0.2) is 9.84 Å². The van der Waals surface area contributed by atoms with Crippen LogP contribution in [0.15, 0.2) is 17.3 Å². The van der Waals surface area contributed by atoms with Crippen LogP contribution in [0.1, 0.15) is 6.42 Å². The van der Waals surface area contributed by atoms with Crippen molar-refractivity contribution in [3.8, 4) is 0 Å². The normalized spacial score (nSPS) is 21.4. The third-order valence-corrected chi connectivity index (χ3v) is 3.56. The standard InChI is InChI=1S/C9H13N3O3S/c1-16(14,15)8-4-10-9(11-5-8)12-3-2-7(13)6-12/h4-5,7,13H,2-3,6H2,1H3. The molecule has 1 aromatic rings. The van der Waals surface area contributed by atoms with Gasteiger partial charge in [-0.1, -0.05) is 0 Å². The van der Waals surface area contributed by atoms with E-state index in [1.165, 1.54) is 12.4 Å². The van der Waals surface area contributed by atoms with Gasteiger partial charge >= 0.3 is 0 Å². The summed E-state index contributed by atoms with van der Waals surface area (Å²) >= 11 is 0. The van der Waals surface area contributed by atoms with Gasteiger partial charge in [-0.2, -0.15) is 0 Å². The summed E-state index contributed by atoms with van der Waals surface area (Å²) in [5.74, 6) is 0.462. The van der Waals surface area contributed by atoms with Crippen molar-refractivity contribution in [3.05, 3.63) is 12.4 Å². The third kappa shape index (κ3) is 2.30. The van der Waals surface area contributed by atoms with E-state index >= 15 is 0 Å². The Labute approximate surface area is 93.9 Å². The number of nitrogens with zero attached hydrogens (tertiary/aromatic N) is 3. The molecule has 0 saturated carbocycles. The summed E-state index contributed by atoms with van der Waals surface area (Å²) in [6.45, 7) is 1.19. The van der Waals surface area contributed by atoms with E-state index in [1.54, 1.807) is 0 Å². The van der Waals surface area contributed by atoms with Gasteiger partial charge in [-0.25, -0.2) is 18.4 Å². The Morgan fingerprint density at radius 3 is 2.50 bits per heavy atom. The summed E-state index contributed by atoms with van der Waals surface area (Å²) in [5.41, 5.74) is 0. The highest BCUT2D eigenvalue weighted by atomic mass is 32.2. The number of hydrogen-bond acceptors (Lipinski definition) is 6. The highest BCUT2D eigenvalue weighted by Crippen LogP contribution is 2.16. The maximum Gasteiger partial charge on any atom is 0.225 e. The Morgan fingerprint density at radius 2 is 2.06 bits per heavy atom. The lowest BCUT2D eigenvalue weighted by Crippen LogP contribution is -2.23. The molecule has 0 amide bonds. The molecule has 2 heterocycles. The Balaban J connectivity index is 2.20. The maximum atomic E-state index is 11.2. The molecular weight excluding hydrogens is 230 g/mol. The molecule has 1 aliphatic rings. The quantitative estimate of drug-likeness (QED) is 0.750. The molecule has 1 atom stereocenters. The number of aliphatic hydroxyl groups is 1. The van der Waals surface area contributed by atoms with Crippen LogP contribution in [0.5, 0.6) is 0 Å². The first-order valence-electron chi connectivity index (χ1n) is 4.92. The number of β-amino-alcohol motifs (C(OH)–C–C–N with tert-alkyl or cyclic N) is 1. The molecule has 0 spiro atoms. The largest absolute Gasteiger partial charge is 0.391 e. The molecule has 1 saturated heterocycles. The molecule has 16 heavy (non-hydrogen) atoms. The Bertz CT molecular complexity index is 471. The van der Waals surface area contributed by atoms with E-state index in [0.29, 0.717) is 25.5 Å². The minimum atomic E-state index is -3.25. The minimum absolute atomic E-state index is 0.107. The number of rotatable bonds is 2. The van der Waals surface area contributed by atoms with Gasteiger partial charge < -0.3 is 10.0 Å². The van der Waals surface area contributed by atoms with Crippen LogP contribution in [0.4, 0.5) is 5.95 Å². The summed E-state index contributed by atoms with van der Waals surface area (Å²) in [5, 5.41) is 9.35. The van der Waals surface area contributed by atoms with Crippen LogP contribution < -0.4 is 4.90 Å². The van der Waals surface area contributed by atoms with Crippen LogP contribution in [-0.2, 0) is 9.84 Å². The van der Waals surface area contributed by atoms with E-state index in [-0.39, 0.29) is 11.0 Å². The summed E-state index contributed by atoms with van der Waals surface area (Å²) in [7, 11) is -3.25. The molecule has 0 radical (unpaired) electrons. The fraction of sp³-hybridized carbons (Fsp3) is 0.556. The topological polar surface area (TPSA) is 83.4 Å². The second kappa shape index (κ2) is 3.99. The van der Waals surface area contributed by atoms with E-state index in [2.05, 4.69) is 9.97 Å². The van der Waals surface area contributed by atoms with E-state index in [4.69, 9.17) is 0 Å². The summed E-state index contributed by atoms with van der Waals surface area (Å²) in [6, 6.07) is 0. The number of hydrogen-bond donors (Lipinski definition) is 1. The first kappa shape index (κ1) is 11.3. The summed E-state index contributed by atoms with van der Waals surface area (Å²) < 4.78 is 22.4. The molecule has 0 bridgehead atoms. The molecular formula is C9H13N3O3S. The van der Waals surface area contributed by atoms with Gasteiger partial charge in [0, 0.05) is 19.3 Å². The fourth-order valence-corrected chi connectivity index (χ4v) is 2.08. The number of anilines is 1. The Morgan fingerprint density at radius 1 is 1.44 bits per heavy atom. The molecule has 6 nitrogen and oxygen atoms in total. The van der Waals surface area contributed by atoms with Gasteiger partial charge in [0.05, 0.1) is 18.5 Å². The number of aromatic nitrogens is 2. The molecule has 1 aliphatic heterocycles. The van der Waals surface area contributed by atoms with Crippen LogP contribution >= 0.6 is 0 Å². The van der Waals surface area contributed by atoms with Crippen LogP contribution in [0.25, 0.3) is 0 Å². The van der Waals surface area contributed by atoms with Gasteiger partial charge in [0.1, 0.15) is 4.90 Å². The molecule has 2 rings (SSSR count). The van der Waals surface area contributed by atoms with Crippen molar-refractivity contribution in [2.75, 3.05) is 24.2 Å². The highest BCUT2D eigenvalue weighted by Gasteiger charge is 2.22. The van der Waals surface area contributed by atoms with E-state index in [9.17, 15) is 13.5 Å². The van der Waals surface area contributed by atoms with Crippen LogP contribution in [0, 0.1) is 0 Å². The molecule has 7 heteroatoms. The first-order valence-corrected chi connectivity index (χ1v) is 6.81. The minimum Gasteiger partial charge on any atom is -0.391 e. The lowest BCUT2D eigenvalue weighted by molar-refractivity contribution is 0.198. The summed E-state index contributed by atoms with van der Waals surface area (Å²) in [6.07, 6.45) is 4.05. The zero-order chi connectivity index (χ0) is 11.8. The molecule has 88 valence electrons. The zero-order valence-electron chi connectivity index (χ0n) is 8.87. The zero-order valence-corrected chi connectivity index (χ0v) is 9.68. The molecule has 0 aromatic carbocycles. The van der Waals surface area contributed by atoms with Crippen LogP contribution in [0.3, 0.4) is 0 Å². The monoisotopic (exact) mass is 243 g/mol. The molecule has 1 fully saturated rings. The van der Waals surface area contributed by atoms with Gasteiger partial charge in [-0.3, -0.25) is 0 Å². The van der Waals surface area contributed by atoms with Crippen LogP contribution in [-0.4, -0.2) is 48.9 Å². The van der Waals surface area contributed by atoms with Crippen molar-refractivity contribution in [2.45, 2.75) is 17.4 Å². The third-order valence-electron chi connectivity index (χ3n) is 2.49. The lowest BCUT2D eigenvalue weighted by atomic mass is 10.3. The predicted octanol–water partition coefficient (Wildman–Crippen LogP) is -0.549. The molecule has 1 N–H and O–H groups in total. The van der Waals surface area contributed by atoms with Gasteiger partial charge in [0.2, 0.25) is 5.95 Å². The Kier molecular flexibility index (Phi) is 2.81. The highest BCUT2D eigenvalue weighted by molar-refractivity contribution is 7.90. The van der Waals surface area contributed by atoms with Crippen molar-refractivity contribution in [3.63, 3.8) is 0 Å². The predicted molar refractivity (Wildman–Crippen MR) is 58.0 cm³/mol. The van der Waals surface area contributed by atoms with Crippen molar-refractivity contribution < 1.29 is 13.5 Å². The maximum absolute atomic E-state index is 11.2. The second-order valence-electron chi connectivity index (χ2n) is 3.88. The molecule has 1 aromatic heterocycles. The van der Waals surface area contributed by atoms with Crippen molar-refractivity contribution in [1.82, 2.24) is 9.97 Å². The SMILES string of the molecule is CS(=O)(=O)c1cnc(N2CCC(O)C2)nc1. The number of aliphatic hydroxyl groups excluding tert-OH is 1. The average molecular weight is 243 g/mol. The fourth-order valence-electron chi connectivity index (χ4n) is 1.59. The van der Waals surface area contributed by atoms with Crippen molar-refractivity contribution in [2.24, 2.45) is 0 Å². The van der Waals surface area contributed by atoms with Crippen LogP contribution in [0.2, 0.25) is 0 Å². The van der Waals surface area contributed by atoms with Gasteiger partial charge in [-0.15, -0.1) is 0 Å². The van der Waals surface area contributed by atoms with E-state index in [0.717, 1.165) is 6.26 Å². The Hall–Kier alpha value is -1.21. The average Bonchev–Trinajstić information content (AvgIpc) is 2.64. The second-order valence-corrected chi connectivity index (χ2v) is 5.90. The smallest absolute Gasteiger partial charge is 0.225 e. The van der Waals surface area contributed by atoms with E-state index in [1.807, 2.05) is 4.90 Å². The van der Waals surface area contributed by atoms with E-state index < -0.39 is 9.84 Å². The number of sulfone groups is 1.